The standard InChI is InChI=1S/C22H15N3O2S/c26-17-8-6-15(7-9-17)18-11-23-21-19(12-24-25(21)22(18)27)20-10-16(13-28-20)14-4-2-1-3-5-14/h1-13,26-27H. The molecule has 0 radical (unpaired) electrons. The van der Waals surface area contributed by atoms with Crippen LogP contribution < -0.4 is 0 Å². The molecule has 0 unspecified atom stereocenters. The third kappa shape index (κ3) is 2.71. The highest BCUT2D eigenvalue weighted by Crippen LogP contribution is 2.36. The third-order valence-corrected chi connectivity index (χ3v) is 5.62. The molecule has 3 heterocycles. The van der Waals surface area contributed by atoms with Crippen molar-refractivity contribution in [3.8, 4) is 44.3 Å². The third-order valence-electron chi connectivity index (χ3n) is 4.65. The summed E-state index contributed by atoms with van der Waals surface area (Å²) >= 11 is 1.62. The van der Waals surface area contributed by atoms with Crippen LogP contribution in [0.5, 0.6) is 11.6 Å². The van der Waals surface area contributed by atoms with Gasteiger partial charge in [0.2, 0.25) is 5.88 Å². The first-order chi connectivity index (χ1) is 13.7. The molecule has 0 aliphatic heterocycles. The average molecular weight is 385 g/mol. The summed E-state index contributed by atoms with van der Waals surface area (Å²) in [6.07, 6.45) is 3.36. The first kappa shape index (κ1) is 16.5. The molecule has 0 spiro atoms. The lowest BCUT2D eigenvalue weighted by molar-refractivity contribution is 0.437. The second-order valence-electron chi connectivity index (χ2n) is 6.40. The normalized spacial score (nSPS) is 11.1. The van der Waals surface area contributed by atoms with Crippen LogP contribution in [0.2, 0.25) is 0 Å². The summed E-state index contributed by atoms with van der Waals surface area (Å²) in [5.74, 6) is 0.187. The largest absolute Gasteiger partial charge is 0.508 e. The van der Waals surface area contributed by atoms with Crippen molar-refractivity contribution in [2.75, 3.05) is 0 Å². The Morgan fingerprint density at radius 2 is 1.57 bits per heavy atom. The van der Waals surface area contributed by atoms with Crippen molar-refractivity contribution in [3.05, 3.63) is 78.4 Å². The topological polar surface area (TPSA) is 70.7 Å². The maximum absolute atomic E-state index is 10.7. The Kier molecular flexibility index (Phi) is 3.84. The van der Waals surface area contributed by atoms with E-state index in [1.165, 1.54) is 4.52 Å². The van der Waals surface area contributed by atoms with E-state index in [1.54, 1.807) is 48.0 Å². The highest BCUT2D eigenvalue weighted by Gasteiger charge is 2.16. The quantitative estimate of drug-likeness (QED) is 0.448. The second kappa shape index (κ2) is 6.51. The summed E-state index contributed by atoms with van der Waals surface area (Å²) in [7, 11) is 0. The van der Waals surface area contributed by atoms with Crippen LogP contribution in [0.1, 0.15) is 0 Å². The number of fused-ring (bicyclic) bond motifs is 1. The van der Waals surface area contributed by atoms with Gasteiger partial charge in [0.15, 0.2) is 5.65 Å². The number of nitrogens with zero attached hydrogens (tertiary/aromatic N) is 3. The monoisotopic (exact) mass is 385 g/mol. The smallest absolute Gasteiger partial charge is 0.223 e. The van der Waals surface area contributed by atoms with E-state index in [-0.39, 0.29) is 11.6 Å². The number of hydrogen-bond donors (Lipinski definition) is 2. The van der Waals surface area contributed by atoms with E-state index in [2.05, 4.69) is 33.7 Å². The fourth-order valence-corrected chi connectivity index (χ4v) is 4.12. The molecule has 0 fully saturated rings. The van der Waals surface area contributed by atoms with Crippen molar-refractivity contribution >= 4 is 17.0 Å². The lowest BCUT2D eigenvalue weighted by atomic mass is 10.1. The molecule has 5 aromatic rings. The molecule has 6 heteroatoms. The van der Waals surface area contributed by atoms with E-state index >= 15 is 0 Å². The van der Waals surface area contributed by atoms with E-state index in [4.69, 9.17) is 0 Å². The van der Waals surface area contributed by atoms with E-state index in [0.29, 0.717) is 11.2 Å². The van der Waals surface area contributed by atoms with Gasteiger partial charge in [0.1, 0.15) is 5.75 Å². The molecule has 5 rings (SSSR count). The van der Waals surface area contributed by atoms with E-state index in [9.17, 15) is 10.2 Å². The maximum Gasteiger partial charge on any atom is 0.223 e. The zero-order valence-electron chi connectivity index (χ0n) is 14.6. The highest BCUT2D eigenvalue weighted by molar-refractivity contribution is 7.14. The van der Waals surface area contributed by atoms with Crippen molar-refractivity contribution in [2.45, 2.75) is 0 Å². The van der Waals surface area contributed by atoms with Crippen LogP contribution >= 0.6 is 11.3 Å². The number of phenolic OH excluding ortho intramolecular Hbond substituents is 1. The number of aromatic nitrogens is 3. The fraction of sp³-hybridized carbons (Fsp3) is 0. The van der Waals surface area contributed by atoms with Gasteiger partial charge in [0, 0.05) is 11.1 Å². The number of thiophene rings is 1. The molecule has 0 aliphatic carbocycles. The van der Waals surface area contributed by atoms with Gasteiger partial charge < -0.3 is 10.2 Å². The van der Waals surface area contributed by atoms with Gasteiger partial charge in [-0.3, -0.25) is 0 Å². The molecule has 136 valence electrons. The van der Waals surface area contributed by atoms with Gasteiger partial charge >= 0.3 is 0 Å². The van der Waals surface area contributed by atoms with Crippen molar-refractivity contribution in [3.63, 3.8) is 0 Å². The molecule has 28 heavy (non-hydrogen) atoms. The molecule has 0 aliphatic rings. The number of benzene rings is 2. The predicted molar refractivity (Wildman–Crippen MR) is 111 cm³/mol. The number of hydrogen-bond acceptors (Lipinski definition) is 5. The first-order valence-electron chi connectivity index (χ1n) is 8.70. The molecular formula is C22H15N3O2S. The Balaban J connectivity index is 1.58. The minimum atomic E-state index is 0.0155. The lowest BCUT2D eigenvalue weighted by Gasteiger charge is -2.06. The van der Waals surface area contributed by atoms with Crippen molar-refractivity contribution in [1.29, 1.82) is 0 Å². The van der Waals surface area contributed by atoms with Crippen LogP contribution in [0.4, 0.5) is 0 Å². The van der Waals surface area contributed by atoms with Crippen LogP contribution in [0.15, 0.2) is 78.4 Å². The average Bonchev–Trinajstić information content (AvgIpc) is 3.37. The number of aromatic hydroxyl groups is 2. The predicted octanol–water partition coefficient (Wildman–Crippen LogP) is 5.20. The SMILES string of the molecule is Oc1ccc(-c2cnc3c(-c4cc(-c5ccccc5)cs4)cnn3c2O)cc1. The molecule has 0 saturated heterocycles. The first-order valence-corrected chi connectivity index (χ1v) is 9.58. The minimum absolute atomic E-state index is 0.0155. The summed E-state index contributed by atoms with van der Waals surface area (Å²) in [6, 6.07) is 18.9. The van der Waals surface area contributed by atoms with Gasteiger partial charge in [-0.05, 0) is 40.3 Å². The molecule has 2 N–H and O–H groups in total. The van der Waals surface area contributed by atoms with Gasteiger partial charge in [0.05, 0.1) is 17.3 Å². The second-order valence-corrected chi connectivity index (χ2v) is 7.31. The molecule has 0 bridgehead atoms. The summed E-state index contributed by atoms with van der Waals surface area (Å²) in [4.78, 5) is 5.58. The Hall–Kier alpha value is -3.64. The summed E-state index contributed by atoms with van der Waals surface area (Å²) < 4.78 is 1.44. The number of phenols is 1. The Morgan fingerprint density at radius 1 is 0.786 bits per heavy atom. The molecule has 0 atom stereocenters. The van der Waals surface area contributed by atoms with Gasteiger partial charge in [-0.1, -0.05) is 42.5 Å². The van der Waals surface area contributed by atoms with Gasteiger partial charge in [-0.25, -0.2) is 4.98 Å². The van der Waals surface area contributed by atoms with Gasteiger partial charge in [-0.2, -0.15) is 9.61 Å². The van der Waals surface area contributed by atoms with Gasteiger partial charge in [-0.15, -0.1) is 11.3 Å². The zero-order valence-corrected chi connectivity index (χ0v) is 15.5. The zero-order chi connectivity index (χ0) is 19.1. The maximum atomic E-state index is 10.7. The molecule has 5 nitrogen and oxygen atoms in total. The van der Waals surface area contributed by atoms with Crippen LogP contribution in [0.3, 0.4) is 0 Å². The Labute approximate surface area is 164 Å². The van der Waals surface area contributed by atoms with Crippen molar-refractivity contribution in [1.82, 2.24) is 14.6 Å². The molecule has 2 aromatic carbocycles. The van der Waals surface area contributed by atoms with Gasteiger partial charge in [0.25, 0.3) is 0 Å². The van der Waals surface area contributed by atoms with Crippen LogP contribution in [-0.4, -0.2) is 24.8 Å². The molecule has 0 amide bonds. The van der Waals surface area contributed by atoms with E-state index < -0.39 is 0 Å². The number of rotatable bonds is 3. The van der Waals surface area contributed by atoms with Crippen LogP contribution in [0, 0.1) is 0 Å². The minimum Gasteiger partial charge on any atom is -0.508 e. The summed E-state index contributed by atoms with van der Waals surface area (Å²) in [5, 5.41) is 26.6. The van der Waals surface area contributed by atoms with Crippen molar-refractivity contribution < 1.29 is 10.2 Å². The molecule has 3 aromatic heterocycles. The fourth-order valence-electron chi connectivity index (χ4n) is 3.20. The Morgan fingerprint density at radius 3 is 2.36 bits per heavy atom. The Bertz CT molecular complexity index is 1270. The lowest BCUT2D eigenvalue weighted by Crippen LogP contribution is -1.94. The van der Waals surface area contributed by atoms with E-state index in [0.717, 1.165) is 27.1 Å². The molecule has 0 saturated carbocycles. The van der Waals surface area contributed by atoms with E-state index in [1.807, 2.05) is 18.2 Å². The highest BCUT2D eigenvalue weighted by atomic mass is 32.1. The van der Waals surface area contributed by atoms with Crippen LogP contribution in [-0.2, 0) is 0 Å². The molecular weight excluding hydrogens is 370 g/mol. The summed E-state index contributed by atoms with van der Waals surface area (Å²) in [6.45, 7) is 0. The van der Waals surface area contributed by atoms with Crippen LogP contribution in [0.25, 0.3) is 38.3 Å². The summed E-state index contributed by atoms with van der Waals surface area (Å²) in [5.41, 5.74) is 5.08. The van der Waals surface area contributed by atoms with Crippen molar-refractivity contribution in [2.24, 2.45) is 0 Å².